The molecular formula is C31H36N6O3. The average Bonchev–Trinajstić information content (AvgIpc) is 3.34. The van der Waals surface area contributed by atoms with E-state index >= 15 is 0 Å². The van der Waals surface area contributed by atoms with Crippen LogP contribution >= 0.6 is 0 Å². The van der Waals surface area contributed by atoms with Crippen molar-refractivity contribution in [3.8, 4) is 0 Å². The van der Waals surface area contributed by atoms with Gasteiger partial charge in [0.2, 0.25) is 17.7 Å². The first-order chi connectivity index (χ1) is 19.1. The van der Waals surface area contributed by atoms with E-state index in [0.717, 1.165) is 17.5 Å². The number of anilines is 2. The van der Waals surface area contributed by atoms with Crippen LogP contribution in [0.3, 0.4) is 0 Å². The molecule has 2 N–H and O–H groups in total. The van der Waals surface area contributed by atoms with Crippen molar-refractivity contribution in [1.29, 1.82) is 0 Å². The lowest BCUT2D eigenvalue weighted by Crippen LogP contribution is -2.51. The van der Waals surface area contributed by atoms with Crippen LogP contribution in [0.5, 0.6) is 0 Å². The number of carbonyl (C=O) groups excluding carboxylic acids is 3. The van der Waals surface area contributed by atoms with E-state index in [1.54, 1.807) is 28.9 Å². The lowest BCUT2D eigenvalue weighted by atomic mass is 9.97. The van der Waals surface area contributed by atoms with Gasteiger partial charge in [0.15, 0.2) is 0 Å². The molecule has 1 aromatic heterocycles. The van der Waals surface area contributed by atoms with Gasteiger partial charge in [-0.15, -0.1) is 5.10 Å². The Hall–Kier alpha value is -4.53. The van der Waals surface area contributed by atoms with E-state index in [1.807, 2.05) is 69.3 Å². The Labute approximate surface area is 234 Å². The van der Waals surface area contributed by atoms with Gasteiger partial charge in [-0.2, -0.15) is 0 Å². The molecule has 9 heteroatoms. The van der Waals surface area contributed by atoms with Crippen LogP contribution in [0.2, 0.25) is 0 Å². The number of rotatable bonds is 10. The molecule has 3 aromatic carbocycles. The van der Waals surface area contributed by atoms with Crippen molar-refractivity contribution in [3.63, 3.8) is 0 Å². The Balaban J connectivity index is 1.82. The van der Waals surface area contributed by atoms with E-state index in [2.05, 4.69) is 27.9 Å². The van der Waals surface area contributed by atoms with Gasteiger partial charge < -0.3 is 10.6 Å². The Morgan fingerprint density at radius 3 is 2.25 bits per heavy atom. The number of para-hydroxylation sites is 1. The molecule has 3 amide bonds. The van der Waals surface area contributed by atoms with Crippen molar-refractivity contribution < 1.29 is 14.4 Å². The third-order valence-electron chi connectivity index (χ3n) is 7.00. The number of fused-ring (bicyclic) bond motifs is 1. The first-order valence-electron chi connectivity index (χ1n) is 13.5. The number of carbonyl (C=O) groups is 3. The standard InChI is InChI=1S/C31H36N6O3/c1-6-22-12-14-23(15-13-22)29(30(40)33-31(4,5)7-2)37(25-18-16-24(17-19-25)32-21(3)38)28(39)20-36-27-11-9-8-10-26(27)34-35-36/h8-19,29H,6-7,20H2,1-5H3,(H,32,38)(H,33,40). The largest absolute Gasteiger partial charge is 0.349 e. The van der Waals surface area contributed by atoms with Gasteiger partial charge in [0.1, 0.15) is 18.1 Å². The molecule has 0 saturated carbocycles. The summed E-state index contributed by atoms with van der Waals surface area (Å²) in [6.07, 6.45) is 1.57. The minimum Gasteiger partial charge on any atom is -0.349 e. The molecule has 40 heavy (non-hydrogen) atoms. The predicted molar refractivity (Wildman–Crippen MR) is 157 cm³/mol. The Morgan fingerprint density at radius 2 is 1.62 bits per heavy atom. The van der Waals surface area contributed by atoms with Crippen LogP contribution in [-0.2, 0) is 27.3 Å². The van der Waals surface area contributed by atoms with E-state index < -0.39 is 11.6 Å². The molecule has 0 spiro atoms. The van der Waals surface area contributed by atoms with Gasteiger partial charge in [0.05, 0.1) is 5.52 Å². The van der Waals surface area contributed by atoms with Gasteiger partial charge in [0.25, 0.3) is 0 Å². The normalized spacial score (nSPS) is 12.1. The molecule has 1 atom stereocenters. The maximum atomic E-state index is 14.2. The number of aromatic nitrogens is 3. The summed E-state index contributed by atoms with van der Waals surface area (Å²) in [6.45, 7) is 9.29. The van der Waals surface area contributed by atoms with Crippen molar-refractivity contribution in [1.82, 2.24) is 20.3 Å². The maximum absolute atomic E-state index is 14.2. The smallest absolute Gasteiger partial charge is 0.249 e. The van der Waals surface area contributed by atoms with Gasteiger partial charge in [-0.3, -0.25) is 19.3 Å². The van der Waals surface area contributed by atoms with E-state index in [4.69, 9.17) is 0 Å². The van der Waals surface area contributed by atoms with Crippen LogP contribution in [0.25, 0.3) is 11.0 Å². The Kier molecular flexibility index (Phi) is 8.62. The highest BCUT2D eigenvalue weighted by atomic mass is 16.2. The Bertz CT molecular complexity index is 1490. The van der Waals surface area contributed by atoms with E-state index in [9.17, 15) is 14.4 Å². The second-order valence-corrected chi connectivity index (χ2v) is 10.5. The maximum Gasteiger partial charge on any atom is 0.249 e. The van der Waals surface area contributed by atoms with Crippen molar-refractivity contribution in [2.75, 3.05) is 10.2 Å². The SMILES string of the molecule is CCc1ccc(C(C(=O)NC(C)(C)CC)N(C(=O)Cn2nnc3ccccc32)c2ccc(NC(C)=O)cc2)cc1. The summed E-state index contributed by atoms with van der Waals surface area (Å²) in [4.78, 5) is 41.3. The van der Waals surface area contributed by atoms with Gasteiger partial charge >= 0.3 is 0 Å². The second-order valence-electron chi connectivity index (χ2n) is 10.5. The summed E-state index contributed by atoms with van der Waals surface area (Å²) >= 11 is 0. The molecule has 1 unspecified atom stereocenters. The molecule has 9 nitrogen and oxygen atoms in total. The van der Waals surface area contributed by atoms with Gasteiger partial charge in [-0.25, -0.2) is 4.68 Å². The Morgan fingerprint density at radius 1 is 0.950 bits per heavy atom. The monoisotopic (exact) mass is 540 g/mol. The zero-order valence-corrected chi connectivity index (χ0v) is 23.6. The molecule has 1 heterocycles. The van der Waals surface area contributed by atoms with Crippen LogP contribution in [0.1, 0.15) is 58.2 Å². The van der Waals surface area contributed by atoms with Crippen molar-refractivity contribution >= 4 is 40.1 Å². The quantitative estimate of drug-likeness (QED) is 0.293. The molecule has 0 aliphatic heterocycles. The van der Waals surface area contributed by atoms with Crippen molar-refractivity contribution in [2.24, 2.45) is 0 Å². The van der Waals surface area contributed by atoms with Crippen LogP contribution in [0.4, 0.5) is 11.4 Å². The van der Waals surface area contributed by atoms with Gasteiger partial charge in [-0.05, 0) is 74.2 Å². The first kappa shape index (κ1) is 28.5. The minimum atomic E-state index is -0.953. The summed E-state index contributed by atoms with van der Waals surface area (Å²) < 4.78 is 1.54. The number of amides is 3. The molecule has 0 aliphatic carbocycles. The number of hydrogen-bond donors (Lipinski definition) is 2. The van der Waals surface area contributed by atoms with Crippen molar-refractivity contribution in [3.05, 3.63) is 83.9 Å². The van der Waals surface area contributed by atoms with Crippen LogP contribution in [-0.4, -0.2) is 38.3 Å². The molecular weight excluding hydrogens is 504 g/mol. The molecule has 4 rings (SSSR count). The number of benzene rings is 3. The van der Waals surface area contributed by atoms with E-state index in [0.29, 0.717) is 28.9 Å². The summed E-state index contributed by atoms with van der Waals surface area (Å²) in [7, 11) is 0. The zero-order chi connectivity index (χ0) is 28.9. The third-order valence-corrected chi connectivity index (χ3v) is 7.00. The molecule has 0 saturated heterocycles. The minimum absolute atomic E-state index is 0.123. The lowest BCUT2D eigenvalue weighted by molar-refractivity contribution is -0.128. The summed E-state index contributed by atoms with van der Waals surface area (Å²) in [5.74, 6) is -0.829. The van der Waals surface area contributed by atoms with Crippen LogP contribution < -0.4 is 15.5 Å². The molecule has 0 bridgehead atoms. The highest BCUT2D eigenvalue weighted by Gasteiger charge is 2.35. The summed E-state index contributed by atoms with van der Waals surface area (Å²) in [5, 5.41) is 14.3. The second kappa shape index (κ2) is 12.1. The van der Waals surface area contributed by atoms with Gasteiger partial charge in [-0.1, -0.05) is 55.5 Å². The molecule has 0 fully saturated rings. The van der Waals surface area contributed by atoms with Crippen molar-refractivity contribution in [2.45, 2.75) is 65.6 Å². The fourth-order valence-corrected chi connectivity index (χ4v) is 4.43. The van der Waals surface area contributed by atoms with E-state index in [1.165, 1.54) is 11.8 Å². The summed E-state index contributed by atoms with van der Waals surface area (Å²) in [6, 6.07) is 21.1. The fraction of sp³-hybridized carbons (Fsp3) is 0.323. The van der Waals surface area contributed by atoms with Crippen LogP contribution in [0.15, 0.2) is 72.8 Å². The highest BCUT2D eigenvalue weighted by Crippen LogP contribution is 2.31. The number of hydrogen-bond acceptors (Lipinski definition) is 5. The number of aryl methyl sites for hydroxylation is 1. The third kappa shape index (κ3) is 6.54. The zero-order valence-electron chi connectivity index (χ0n) is 23.6. The fourth-order valence-electron chi connectivity index (χ4n) is 4.43. The average molecular weight is 541 g/mol. The van der Waals surface area contributed by atoms with E-state index in [-0.39, 0.29) is 24.3 Å². The molecule has 208 valence electrons. The molecule has 4 aromatic rings. The lowest BCUT2D eigenvalue weighted by Gasteiger charge is -2.34. The predicted octanol–water partition coefficient (Wildman–Crippen LogP) is 5.03. The summed E-state index contributed by atoms with van der Waals surface area (Å²) in [5.41, 5.74) is 3.83. The topological polar surface area (TPSA) is 109 Å². The first-order valence-corrected chi connectivity index (χ1v) is 13.5. The highest BCUT2D eigenvalue weighted by molar-refractivity contribution is 6.02. The number of nitrogens with zero attached hydrogens (tertiary/aromatic N) is 4. The van der Waals surface area contributed by atoms with Gasteiger partial charge in [0, 0.05) is 23.8 Å². The number of nitrogens with one attached hydrogen (secondary N) is 2. The molecule has 0 radical (unpaired) electrons. The van der Waals surface area contributed by atoms with Crippen LogP contribution in [0, 0.1) is 0 Å². The molecule has 0 aliphatic rings.